The van der Waals surface area contributed by atoms with Gasteiger partial charge in [-0.25, -0.2) is 0 Å². The summed E-state index contributed by atoms with van der Waals surface area (Å²) in [6, 6.07) is 23.8. The quantitative estimate of drug-likeness (QED) is 0.407. The minimum atomic E-state index is -0.129. The van der Waals surface area contributed by atoms with E-state index in [1.54, 1.807) is 24.3 Å². The monoisotopic (exact) mass is 418 g/mol. The molecule has 2 N–H and O–H groups in total. The van der Waals surface area contributed by atoms with E-state index < -0.39 is 0 Å². The number of anilines is 2. The summed E-state index contributed by atoms with van der Waals surface area (Å²) < 4.78 is 0. The number of ketones is 1. The normalized spacial score (nSPS) is 10.3. The lowest BCUT2D eigenvalue weighted by Gasteiger charge is -2.08. The number of hydrogen-bond donors (Lipinski definition) is 2. The first kappa shape index (κ1) is 21.3. The molecule has 0 spiro atoms. The van der Waals surface area contributed by atoms with E-state index in [1.807, 2.05) is 54.6 Å². The van der Waals surface area contributed by atoms with Gasteiger partial charge < -0.3 is 10.6 Å². The number of carbonyl (C=O) groups excluding carboxylic acids is 3. The molecule has 3 aromatic carbocycles. The molecular formula is C24H22N2O3S. The minimum absolute atomic E-state index is 0.0110. The van der Waals surface area contributed by atoms with E-state index in [2.05, 4.69) is 10.6 Å². The van der Waals surface area contributed by atoms with Crippen LogP contribution >= 0.6 is 11.8 Å². The van der Waals surface area contributed by atoms with Crippen molar-refractivity contribution in [3.63, 3.8) is 0 Å². The maximum Gasteiger partial charge on any atom is 0.234 e. The maximum atomic E-state index is 12.1. The minimum Gasteiger partial charge on any atom is -0.326 e. The smallest absolute Gasteiger partial charge is 0.234 e. The molecule has 0 bridgehead atoms. The third-order valence-corrected chi connectivity index (χ3v) is 5.30. The Morgan fingerprint density at radius 2 is 1.30 bits per heavy atom. The Morgan fingerprint density at radius 3 is 1.90 bits per heavy atom. The van der Waals surface area contributed by atoms with Crippen molar-refractivity contribution in [1.82, 2.24) is 0 Å². The summed E-state index contributed by atoms with van der Waals surface area (Å²) in [7, 11) is 0. The molecule has 0 saturated heterocycles. The Hall–Kier alpha value is -3.38. The molecule has 3 rings (SSSR count). The molecule has 0 aliphatic carbocycles. The van der Waals surface area contributed by atoms with Crippen LogP contribution < -0.4 is 10.6 Å². The fourth-order valence-corrected chi connectivity index (χ4v) is 3.45. The summed E-state index contributed by atoms with van der Waals surface area (Å²) in [5.74, 6) is 0.0458. The van der Waals surface area contributed by atoms with E-state index in [9.17, 15) is 14.4 Å². The Labute approximate surface area is 179 Å². The first-order valence-electron chi connectivity index (χ1n) is 9.47. The highest BCUT2D eigenvalue weighted by molar-refractivity contribution is 8.00. The van der Waals surface area contributed by atoms with E-state index >= 15 is 0 Å². The topological polar surface area (TPSA) is 75.3 Å². The lowest BCUT2D eigenvalue weighted by Crippen LogP contribution is -2.14. The van der Waals surface area contributed by atoms with Crippen LogP contribution in [-0.2, 0) is 16.0 Å². The summed E-state index contributed by atoms with van der Waals surface area (Å²) in [6.45, 7) is 1.50. The zero-order chi connectivity index (χ0) is 21.3. The zero-order valence-corrected chi connectivity index (χ0v) is 17.4. The van der Waals surface area contributed by atoms with Gasteiger partial charge in [0.05, 0.1) is 12.2 Å². The molecule has 3 aromatic rings. The Morgan fingerprint density at radius 1 is 0.733 bits per heavy atom. The summed E-state index contributed by atoms with van der Waals surface area (Å²) in [6.07, 6.45) is 0.324. The fraction of sp³-hybridized carbons (Fsp3) is 0.125. The second kappa shape index (κ2) is 10.4. The summed E-state index contributed by atoms with van der Waals surface area (Å²) >= 11 is 1.41. The number of carbonyl (C=O) groups is 3. The number of rotatable bonds is 8. The van der Waals surface area contributed by atoms with Crippen LogP contribution in [0.2, 0.25) is 0 Å². The number of hydrogen-bond acceptors (Lipinski definition) is 4. The Balaban J connectivity index is 1.45. The van der Waals surface area contributed by atoms with Crippen LogP contribution in [0.15, 0.2) is 83.8 Å². The van der Waals surface area contributed by atoms with Crippen LogP contribution in [0.3, 0.4) is 0 Å². The molecule has 152 valence electrons. The molecule has 0 aromatic heterocycles. The van der Waals surface area contributed by atoms with Crippen LogP contribution in [0.4, 0.5) is 11.4 Å². The molecular weight excluding hydrogens is 396 g/mol. The number of thioether (sulfide) groups is 1. The van der Waals surface area contributed by atoms with Crippen LogP contribution in [0, 0.1) is 0 Å². The summed E-state index contributed by atoms with van der Waals surface area (Å²) in [5.41, 5.74) is 2.94. The van der Waals surface area contributed by atoms with Crippen LogP contribution in [0.1, 0.15) is 22.8 Å². The van der Waals surface area contributed by atoms with Crippen LogP contribution in [0.5, 0.6) is 0 Å². The standard InChI is InChI=1S/C24H22N2O3S/c1-17(27)19-7-9-20(10-8-19)26-24(29)16-30-22-13-11-21(12-14-22)25-23(28)15-18-5-3-2-4-6-18/h2-14H,15-16H2,1H3,(H,25,28)(H,26,29). The summed E-state index contributed by atoms with van der Waals surface area (Å²) in [5, 5.41) is 5.69. The highest BCUT2D eigenvalue weighted by atomic mass is 32.2. The van der Waals surface area contributed by atoms with Gasteiger partial charge in [-0.05, 0) is 61.0 Å². The third kappa shape index (κ3) is 6.60. The van der Waals surface area contributed by atoms with E-state index in [-0.39, 0.29) is 23.4 Å². The van der Waals surface area contributed by atoms with Crippen molar-refractivity contribution in [1.29, 1.82) is 0 Å². The second-order valence-corrected chi connectivity index (χ2v) is 7.75. The van der Waals surface area contributed by atoms with Crippen molar-refractivity contribution in [2.24, 2.45) is 0 Å². The third-order valence-electron chi connectivity index (χ3n) is 4.29. The highest BCUT2D eigenvalue weighted by Gasteiger charge is 2.07. The molecule has 0 fully saturated rings. The first-order chi connectivity index (χ1) is 14.5. The average Bonchev–Trinajstić information content (AvgIpc) is 2.74. The molecule has 0 heterocycles. The van der Waals surface area contributed by atoms with Crippen LogP contribution in [0.25, 0.3) is 0 Å². The SMILES string of the molecule is CC(=O)c1ccc(NC(=O)CSc2ccc(NC(=O)Cc3ccccc3)cc2)cc1. The average molecular weight is 419 g/mol. The van der Waals surface area contributed by atoms with Crippen molar-refractivity contribution in [3.8, 4) is 0 Å². The number of Topliss-reactive ketones (excluding diaryl/α,β-unsaturated/α-hetero) is 1. The van der Waals surface area contributed by atoms with Gasteiger partial charge in [0.15, 0.2) is 5.78 Å². The molecule has 0 atom stereocenters. The van der Waals surface area contributed by atoms with Crippen LogP contribution in [-0.4, -0.2) is 23.4 Å². The Bertz CT molecular complexity index is 1020. The first-order valence-corrected chi connectivity index (χ1v) is 10.5. The molecule has 0 radical (unpaired) electrons. The van der Waals surface area contributed by atoms with E-state index in [4.69, 9.17) is 0 Å². The Kier molecular flexibility index (Phi) is 7.40. The van der Waals surface area contributed by atoms with E-state index in [1.165, 1.54) is 18.7 Å². The van der Waals surface area contributed by atoms with Gasteiger partial charge in [-0.15, -0.1) is 11.8 Å². The maximum absolute atomic E-state index is 12.1. The van der Waals surface area contributed by atoms with Crippen molar-refractivity contribution in [2.45, 2.75) is 18.2 Å². The largest absolute Gasteiger partial charge is 0.326 e. The fourth-order valence-electron chi connectivity index (χ4n) is 2.76. The molecule has 0 saturated carbocycles. The van der Waals surface area contributed by atoms with Gasteiger partial charge in [0.25, 0.3) is 0 Å². The van der Waals surface area contributed by atoms with Crippen molar-refractivity contribution in [2.75, 3.05) is 16.4 Å². The molecule has 0 aliphatic rings. The number of benzene rings is 3. The zero-order valence-electron chi connectivity index (χ0n) is 16.6. The van der Waals surface area contributed by atoms with E-state index in [0.717, 1.165) is 16.1 Å². The van der Waals surface area contributed by atoms with Crippen molar-refractivity contribution < 1.29 is 14.4 Å². The predicted molar refractivity (Wildman–Crippen MR) is 121 cm³/mol. The molecule has 2 amide bonds. The van der Waals surface area contributed by atoms with E-state index in [0.29, 0.717) is 17.7 Å². The van der Waals surface area contributed by atoms with Gasteiger partial charge in [-0.1, -0.05) is 30.3 Å². The number of amides is 2. The lowest BCUT2D eigenvalue weighted by molar-refractivity contribution is -0.115. The van der Waals surface area contributed by atoms with Crippen molar-refractivity contribution in [3.05, 3.63) is 90.0 Å². The molecule has 5 nitrogen and oxygen atoms in total. The van der Waals surface area contributed by atoms with Gasteiger partial charge in [-0.3, -0.25) is 14.4 Å². The van der Waals surface area contributed by atoms with Gasteiger partial charge in [0, 0.05) is 21.8 Å². The van der Waals surface area contributed by atoms with Gasteiger partial charge in [0.2, 0.25) is 11.8 Å². The molecule has 0 aliphatic heterocycles. The predicted octanol–water partition coefficient (Wildman–Crippen LogP) is 4.80. The molecule has 30 heavy (non-hydrogen) atoms. The van der Waals surface area contributed by atoms with Crippen molar-refractivity contribution >= 4 is 40.7 Å². The second-order valence-electron chi connectivity index (χ2n) is 6.71. The van der Waals surface area contributed by atoms with Gasteiger partial charge in [0.1, 0.15) is 0 Å². The molecule has 6 heteroatoms. The van der Waals surface area contributed by atoms with Gasteiger partial charge in [-0.2, -0.15) is 0 Å². The molecule has 0 unspecified atom stereocenters. The lowest BCUT2D eigenvalue weighted by atomic mass is 10.1. The number of nitrogens with one attached hydrogen (secondary N) is 2. The van der Waals surface area contributed by atoms with Gasteiger partial charge >= 0.3 is 0 Å². The highest BCUT2D eigenvalue weighted by Crippen LogP contribution is 2.21. The summed E-state index contributed by atoms with van der Waals surface area (Å²) in [4.78, 5) is 36.5.